The predicted octanol–water partition coefficient (Wildman–Crippen LogP) is 3.75. The van der Waals surface area contributed by atoms with Gasteiger partial charge in [-0.3, -0.25) is 9.89 Å². The average molecular weight is 337 g/mol. The molecule has 0 bridgehead atoms. The molecule has 0 aliphatic heterocycles. The third-order valence-corrected chi connectivity index (χ3v) is 4.04. The van der Waals surface area contributed by atoms with Gasteiger partial charge in [0.15, 0.2) is 5.69 Å². The number of hydrogen-bond donors (Lipinski definition) is 2. The van der Waals surface area contributed by atoms with Gasteiger partial charge in [-0.2, -0.15) is 10.2 Å². The maximum Gasteiger partial charge on any atom is 0.291 e. The van der Waals surface area contributed by atoms with Crippen molar-refractivity contribution in [3.8, 4) is 0 Å². The van der Waals surface area contributed by atoms with E-state index in [9.17, 15) is 4.79 Å². The lowest BCUT2D eigenvalue weighted by molar-refractivity contribution is 0.0950. The number of aromatic nitrogens is 2. The molecule has 1 heterocycles. The fourth-order valence-corrected chi connectivity index (χ4v) is 2.64. The number of carbonyl (C=O) groups is 1. The summed E-state index contributed by atoms with van der Waals surface area (Å²) in [6, 6.07) is 6.89. The minimum Gasteiger partial charge on any atom is -0.281 e. The topological polar surface area (TPSA) is 70.1 Å². The second kappa shape index (κ2) is 6.10. The van der Waals surface area contributed by atoms with Gasteiger partial charge in [0.2, 0.25) is 0 Å². The van der Waals surface area contributed by atoms with Crippen LogP contribution < -0.4 is 5.43 Å². The average Bonchev–Trinajstić information content (AvgIpc) is 3.22. The Kier molecular flexibility index (Phi) is 4.18. The minimum atomic E-state index is -0.354. The lowest BCUT2D eigenvalue weighted by atomic mass is 10.1. The molecule has 0 atom stereocenters. The molecule has 1 aromatic heterocycles. The van der Waals surface area contributed by atoms with Crippen LogP contribution >= 0.6 is 23.2 Å². The molecule has 1 aromatic carbocycles. The van der Waals surface area contributed by atoms with Crippen LogP contribution in [0, 0.1) is 0 Å². The Labute approximate surface area is 137 Å². The van der Waals surface area contributed by atoms with Gasteiger partial charge in [0.25, 0.3) is 5.91 Å². The van der Waals surface area contributed by atoms with Crippen molar-refractivity contribution in [2.45, 2.75) is 25.7 Å². The van der Waals surface area contributed by atoms with E-state index in [4.69, 9.17) is 23.2 Å². The molecule has 114 valence electrons. The largest absolute Gasteiger partial charge is 0.291 e. The minimum absolute atomic E-state index is 0.334. The lowest BCUT2D eigenvalue weighted by Crippen LogP contribution is -2.19. The van der Waals surface area contributed by atoms with Crippen molar-refractivity contribution in [3.05, 3.63) is 51.3 Å². The summed E-state index contributed by atoms with van der Waals surface area (Å²) < 4.78 is 0. The van der Waals surface area contributed by atoms with E-state index in [1.807, 2.05) is 0 Å². The fourth-order valence-electron chi connectivity index (χ4n) is 2.09. The first-order chi connectivity index (χ1) is 10.5. The fraction of sp³-hybridized carbons (Fsp3) is 0.267. The maximum atomic E-state index is 12.0. The molecule has 7 heteroatoms. The van der Waals surface area contributed by atoms with Crippen LogP contribution in [0.1, 0.15) is 47.4 Å². The maximum absolute atomic E-state index is 12.0. The molecule has 0 radical (unpaired) electrons. The summed E-state index contributed by atoms with van der Waals surface area (Å²) in [5, 5.41) is 12.0. The zero-order valence-corrected chi connectivity index (χ0v) is 13.4. The van der Waals surface area contributed by atoms with Gasteiger partial charge in [0.1, 0.15) is 0 Å². The number of amides is 1. The first kappa shape index (κ1) is 15.1. The number of carbonyl (C=O) groups excluding carboxylic acids is 1. The van der Waals surface area contributed by atoms with Crippen molar-refractivity contribution < 1.29 is 4.79 Å². The Morgan fingerprint density at radius 2 is 2.14 bits per heavy atom. The van der Waals surface area contributed by atoms with Gasteiger partial charge in [-0.05, 0) is 38.0 Å². The molecule has 2 N–H and O–H groups in total. The van der Waals surface area contributed by atoms with E-state index in [0.29, 0.717) is 32.9 Å². The van der Waals surface area contributed by atoms with Gasteiger partial charge < -0.3 is 0 Å². The van der Waals surface area contributed by atoms with Crippen LogP contribution in [0.4, 0.5) is 0 Å². The van der Waals surface area contributed by atoms with E-state index in [1.165, 1.54) is 0 Å². The van der Waals surface area contributed by atoms with E-state index in [1.54, 1.807) is 31.2 Å². The molecule has 5 nitrogen and oxygen atoms in total. The molecule has 2 aromatic rings. The molecule has 0 unspecified atom stereocenters. The van der Waals surface area contributed by atoms with E-state index >= 15 is 0 Å². The van der Waals surface area contributed by atoms with E-state index in [2.05, 4.69) is 20.7 Å². The molecule has 1 amide bonds. The van der Waals surface area contributed by atoms with E-state index in [0.717, 1.165) is 18.5 Å². The summed E-state index contributed by atoms with van der Waals surface area (Å²) in [6.45, 7) is 1.76. The molecule has 0 spiro atoms. The number of nitrogens with zero attached hydrogens (tertiary/aromatic N) is 2. The Morgan fingerprint density at radius 1 is 1.36 bits per heavy atom. The highest BCUT2D eigenvalue weighted by atomic mass is 35.5. The van der Waals surface area contributed by atoms with Gasteiger partial charge in [-0.1, -0.05) is 29.3 Å². The number of hydrogen-bond acceptors (Lipinski definition) is 3. The second-order valence-corrected chi connectivity index (χ2v) is 6.09. The number of aromatic amines is 1. The van der Waals surface area contributed by atoms with Crippen LogP contribution in [0.5, 0.6) is 0 Å². The second-order valence-electron chi connectivity index (χ2n) is 5.25. The van der Waals surface area contributed by atoms with Crippen LogP contribution in [-0.2, 0) is 0 Å². The van der Waals surface area contributed by atoms with Crippen molar-refractivity contribution in [2.24, 2.45) is 5.10 Å². The van der Waals surface area contributed by atoms with Gasteiger partial charge in [-0.25, -0.2) is 5.43 Å². The van der Waals surface area contributed by atoms with Gasteiger partial charge >= 0.3 is 0 Å². The monoisotopic (exact) mass is 336 g/mol. The van der Waals surface area contributed by atoms with Gasteiger partial charge in [-0.15, -0.1) is 0 Å². The quantitative estimate of drug-likeness (QED) is 0.659. The summed E-state index contributed by atoms with van der Waals surface area (Å²) in [7, 11) is 0. The number of nitrogens with one attached hydrogen (secondary N) is 2. The predicted molar refractivity (Wildman–Crippen MR) is 86.7 cm³/mol. The molecular formula is C15H14Cl2N4O. The van der Waals surface area contributed by atoms with Gasteiger partial charge in [0, 0.05) is 22.2 Å². The van der Waals surface area contributed by atoms with Crippen molar-refractivity contribution >= 4 is 34.8 Å². The van der Waals surface area contributed by atoms with Gasteiger partial charge in [0.05, 0.1) is 10.7 Å². The molecule has 1 saturated carbocycles. The van der Waals surface area contributed by atoms with Crippen molar-refractivity contribution in [3.63, 3.8) is 0 Å². The molecule has 0 saturated heterocycles. The molecule has 1 aliphatic rings. The van der Waals surface area contributed by atoms with Crippen molar-refractivity contribution in [1.82, 2.24) is 15.6 Å². The number of H-pyrrole nitrogens is 1. The van der Waals surface area contributed by atoms with Crippen LogP contribution in [-0.4, -0.2) is 21.8 Å². The van der Waals surface area contributed by atoms with Crippen LogP contribution in [0.15, 0.2) is 29.4 Å². The van der Waals surface area contributed by atoms with E-state index < -0.39 is 0 Å². The third kappa shape index (κ3) is 3.31. The van der Waals surface area contributed by atoms with Crippen LogP contribution in [0.3, 0.4) is 0 Å². The summed E-state index contributed by atoms with van der Waals surface area (Å²) in [5.41, 5.74) is 5.13. The Bertz CT molecular complexity index is 750. The summed E-state index contributed by atoms with van der Waals surface area (Å²) >= 11 is 12.0. The summed E-state index contributed by atoms with van der Waals surface area (Å²) in [4.78, 5) is 12.0. The van der Waals surface area contributed by atoms with Crippen molar-refractivity contribution in [1.29, 1.82) is 0 Å². The smallest absolute Gasteiger partial charge is 0.281 e. The Balaban J connectivity index is 1.70. The Hall–Kier alpha value is -1.85. The zero-order valence-electron chi connectivity index (χ0n) is 11.9. The molecule has 1 fully saturated rings. The normalized spacial score (nSPS) is 15.0. The molecule has 3 rings (SSSR count). The SMILES string of the molecule is C/C(=N\NC(=O)c1cc(C2CC2)[nH]n1)c1ccc(Cl)cc1Cl. The number of halogens is 2. The van der Waals surface area contributed by atoms with Crippen LogP contribution in [0.25, 0.3) is 0 Å². The number of hydrazone groups is 1. The highest BCUT2D eigenvalue weighted by molar-refractivity contribution is 6.37. The molecular weight excluding hydrogens is 323 g/mol. The molecule has 1 aliphatic carbocycles. The number of benzene rings is 1. The summed E-state index contributed by atoms with van der Waals surface area (Å²) in [5.74, 6) is 0.166. The first-order valence-corrected chi connectivity index (χ1v) is 7.65. The van der Waals surface area contributed by atoms with Crippen molar-refractivity contribution in [2.75, 3.05) is 0 Å². The lowest BCUT2D eigenvalue weighted by Gasteiger charge is -2.04. The standard InChI is InChI=1S/C15H14Cl2N4O/c1-8(11-5-4-10(16)6-12(11)17)18-21-15(22)14-7-13(19-20-14)9-2-3-9/h4-7,9H,2-3H2,1H3,(H,19,20)(H,21,22)/b18-8+. The molecule has 22 heavy (non-hydrogen) atoms. The van der Waals surface area contributed by atoms with Crippen LogP contribution in [0.2, 0.25) is 10.0 Å². The zero-order chi connectivity index (χ0) is 15.7. The Morgan fingerprint density at radius 3 is 2.82 bits per heavy atom. The highest BCUT2D eigenvalue weighted by Crippen LogP contribution is 2.38. The highest BCUT2D eigenvalue weighted by Gasteiger charge is 2.26. The summed E-state index contributed by atoms with van der Waals surface area (Å²) in [6.07, 6.45) is 2.30. The number of rotatable bonds is 4. The third-order valence-electron chi connectivity index (χ3n) is 3.49. The van der Waals surface area contributed by atoms with E-state index in [-0.39, 0.29) is 5.91 Å². The first-order valence-electron chi connectivity index (χ1n) is 6.90.